The first kappa shape index (κ1) is 19.6. The Morgan fingerprint density at radius 3 is 2.67 bits per heavy atom. The molecule has 146 valence electrons. The highest BCUT2D eigenvalue weighted by molar-refractivity contribution is 6.76. The van der Waals surface area contributed by atoms with Crippen LogP contribution in [0.4, 0.5) is 5.82 Å². The van der Waals surface area contributed by atoms with E-state index in [0.29, 0.717) is 43.4 Å². The van der Waals surface area contributed by atoms with Crippen molar-refractivity contribution in [3.05, 3.63) is 35.3 Å². The van der Waals surface area contributed by atoms with Crippen molar-refractivity contribution in [3.63, 3.8) is 0 Å². The standard InChI is InChI=1S/C19H28N4O3Si/c1-5-25-12-16-21-17-18(22(16)13-26-10-11-27(2,3)4)14-8-6-7-9-15(14)23(24)19(17)20/h6-9H,5,10-13,20H2,1-4H3. The Kier molecular flexibility index (Phi) is 5.68. The fourth-order valence-corrected chi connectivity index (χ4v) is 3.76. The summed E-state index contributed by atoms with van der Waals surface area (Å²) in [5, 5.41) is 13.3. The van der Waals surface area contributed by atoms with Crippen LogP contribution in [-0.4, -0.2) is 30.8 Å². The lowest BCUT2D eigenvalue weighted by molar-refractivity contribution is -0.559. The molecule has 0 aliphatic heterocycles. The summed E-state index contributed by atoms with van der Waals surface area (Å²) in [5.41, 5.74) is 7.94. The van der Waals surface area contributed by atoms with Crippen molar-refractivity contribution in [3.8, 4) is 0 Å². The molecule has 8 heteroatoms. The van der Waals surface area contributed by atoms with E-state index in [-0.39, 0.29) is 5.82 Å². The Hall–Kier alpha value is -2.16. The van der Waals surface area contributed by atoms with Gasteiger partial charge in [-0.15, -0.1) is 0 Å². The summed E-state index contributed by atoms with van der Waals surface area (Å²) in [5.74, 6) is 0.810. The summed E-state index contributed by atoms with van der Waals surface area (Å²) in [7, 11) is -1.17. The summed E-state index contributed by atoms with van der Waals surface area (Å²) >= 11 is 0. The van der Waals surface area contributed by atoms with Crippen LogP contribution in [0, 0.1) is 5.21 Å². The maximum absolute atomic E-state index is 12.5. The Labute approximate surface area is 160 Å². The third-order valence-electron chi connectivity index (χ3n) is 4.54. The van der Waals surface area contributed by atoms with Gasteiger partial charge in [0.1, 0.15) is 24.7 Å². The first-order chi connectivity index (χ1) is 12.8. The van der Waals surface area contributed by atoms with Crippen LogP contribution in [0.5, 0.6) is 0 Å². The number of anilines is 1. The zero-order valence-electron chi connectivity index (χ0n) is 16.5. The lowest BCUT2D eigenvalue weighted by Crippen LogP contribution is -2.31. The first-order valence-electron chi connectivity index (χ1n) is 9.28. The van der Waals surface area contributed by atoms with Crippen LogP contribution >= 0.6 is 0 Å². The largest absolute Gasteiger partial charge is 0.710 e. The van der Waals surface area contributed by atoms with Gasteiger partial charge in [0.25, 0.3) is 0 Å². The number of hydrogen-bond donors (Lipinski definition) is 1. The van der Waals surface area contributed by atoms with Gasteiger partial charge in [-0.1, -0.05) is 31.8 Å². The summed E-state index contributed by atoms with van der Waals surface area (Å²) in [6.45, 7) is 10.9. The number of benzene rings is 1. The second-order valence-corrected chi connectivity index (χ2v) is 13.5. The zero-order valence-corrected chi connectivity index (χ0v) is 17.5. The number of hydrogen-bond acceptors (Lipinski definition) is 5. The van der Waals surface area contributed by atoms with Crippen LogP contribution in [0.15, 0.2) is 24.3 Å². The van der Waals surface area contributed by atoms with Crippen LogP contribution in [-0.2, 0) is 22.8 Å². The van der Waals surface area contributed by atoms with Gasteiger partial charge in [0.05, 0.1) is 5.52 Å². The number of para-hydroxylation sites is 1. The Bertz CT molecular complexity index is 950. The van der Waals surface area contributed by atoms with Gasteiger partial charge >= 0.3 is 5.82 Å². The van der Waals surface area contributed by atoms with Crippen molar-refractivity contribution in [1.29, 1.82) is 0 Å². The quantitative estimate of drug-likeness (QED) is 0.277. The molecule has 3 rings (SSSR count). The second-order valence-electron chi connectivity index (χ2n) is 7.84. The lowest BCUT2D eigenvalue weighted by atomic mass is 10.2. The Balaban J connectivity index is 2.07. The SMILES string of the molecule is CCOCc1nc2c(N)[n+]([O-])c3ccccc3c2n1COCC[Si](C)(C)C. The number of aromatic nitrogens is 3. The first-order valence-corrected chi connectivity index (χ1v) is 13.0. The summed E-state index contributed by atoms with van der Waals surface area (Å²) in [6.07, 6.45) is 0. The monoisotopic (exact) mass is 388 g/mol. The number of rotatable bonds is 8. The van der Waals surface area contributed by atoms with E-state index in [0.717, 1.165) is 21.7 Å². The van der Waals surface area contributed by atoms with E-state index in [1.54, 1.807) is 6.07 Å². The minimum atomic E-state index is -1.17. The van der Waals surface area contributed by atoms with Gasteiger partial charge in [0.2, 0.25) is 0 Å². The molecule has 0 saturated carbocycles. The molecule has 0 aliphatic carbocycles. The normalized spacial score (nSPS) is 12.3. The number of nitrogens with two attached hydrogens (primary N) is 1. The molecule has 27 heavy (non-hydrogen) atoms. The van der Waals surface area contributed by atoms with E-state index >= 15 is 0 Å². The van der Waals surface area contributed by atoms with Crippen molar-refractivity contribution >= 4 is 35.8 Å². The van der Waals surface area contributed by atoms with Crippen LogP contribution in [0.3, 0.4) is 0 Å². The average Bonchev–Trinajstić information content (AvgIpc) is 2.99. The fraction of sp³-hybridized carbons (Fsp3) is 0.474. The Morgan fingerprint density at radius 1 is 1.22 bits per heavy atom. The highest BCUT2D eigenvalue weighted by Crippen LogP contribution is 2.28. The minimum Gasteiger partial charge on any atom is -0.710 e. The molecule has 0 atom stereocenters. The molecule has 0 amide bonds. The topological polar surface area (TPSA) is 89.2 Å². The van der Waals surface area contributed by atoms with Gasteiger partial charge in [-0.2, -0.15) is 0 Å². The summed E-state index contributed by atoms with van der Waals surface area (Å²) in [4.78, 5) is 4.61. The number of pyridine rings is 1. The van der Waals surface area contributed by atoms with E-state index in [2.05, 4.69) is 24.6 Å². The van der Waals surface area contributed by atoms with Gasteiger partial charge in [-0.25, -0.2) is 9.71 Å². The number of nitrogen functional groups attached to an aromatic ring is 1. The third-order valence-corrected chi connectivity index (χ3v) is 6.24. The second kappa shape index (κ2) is 7.83. The molecule has 2 N–H and O–H groups in total. The molecule has 0 saturated heterocycles. The number of imidazole rings is 1. The van der Waals surface area contributed by atoms with Crippen LogP contribution in [0.2, 0.25) is 25.7 Å². The predicted octanol–water partition coefficient (Wildman–Crippen LogP) is 3.25. The van der Waals surface area contributed by atoms with Gasteiger partial charge in [0.15, 0.2) is 5.52 Å². The molecule has 0 radical (unpaired) electrons. The fourth-order valence-electron chi connectivity index (χ4n) is 3.00. The molecule has 0 unspecified atom stereocenters. The molecular formula is C19H28N4O3Si. The summed E-state index contributed by atoms with van der Waals surface area (Å²) in [6, 6.07) is 8.50. The van der Waals surface area contributed by atoms with Crippen molar-refractivity contribution in [1.82, 2.24) is 9.55 Å². The molecular weight excluding hydrogens is 360 g/mol. The van der Waals surface area contributed by atoms with E-state index in [1.807, 2.05) is 29.7 Å². The molecule has 0 fully saturated rings. The van der Waals surface area contributed by atoms with E-state index in [4.69, 9.17) is 15.2 Å². The molecule has 3 aromatic rings. The average molecular weight is 389 g/mol. The van der Waals surface area contributed by atoms with Gasteiger partial charge in [-0.3, -0.25) is 5.73 Å². The van der Waals surface area contributed by atoms with Crippen LogP contribution < -0.4 is 10.5 Å². The lowest BCUT2D eigenvalue weighted by Gasteiger charge is -2.17. The highest BCUT2D eigenvalue weighted by Gasteiger charge is 2.22. The number of fused-ring (bicyclic) bond motifs is 3. The third kappa shape index (κ3) is 4.07. The predicted molar refractivity (Wildman–Crippen MR) is 110 cm³/mol. The van der Waals surface area contributed by atoms with E-state index in [9.17, 15) is 5.21 Å². The van der Waals surface area contributed by atoms with Gasteiger partial charge in [-0.05, 0) is 25.1 Å². The van der Waals surface area contributed by atoms with Crippen molar-refractivity contribution < 1.29 is 14.2 Å². The number of nitrogens with zero attached hydrogens (tertiary/aromatic N) is 3. The molecule has 7 nitrogen and oxygen atoms in total. The molecule has 0 spiro atoms. The molecule has 0 aliphatic rings. The highest BCUT2D eigenvalue weighted by atomic mass is 28.3. The van der Waals surface area contributed by atoms with Crippen LogP contribution in [0.1, 0.15) is 12.7 Å². The molecule has 2 heterocycles. The van der Waals surface area contributed by atoms with Gasteiger partial charge < -0.3 is 19.2 Å². The number of ether oxygens (including phenoxy) is 2. The van der Waals surface area contributed by atoms with Crippen molar-refractivity contribution in [2.24, 2.45) is 0 Å². The van der Waals surface area contributed by atoms with E-state index in [1.165, 1.54) is 0 Å². The summed E-state index contributed by atoms with van der Waals surface area (Å²) < 4.78 is 14.3. The molecule has 2 aromatic heterocycles. The minimum absolute atomic E-state index is 0.0993. The maximum Gasteiger partial charge on any atom is 0.304 e. The van der Waals surface area contributed by atoms with Crippen molar-refractivity contribution in [2.45, 2.75) is 45.9 Å². The Morgan fingerprint density at radius 2 is 1.96 bits per heavy atom. The van der Waals surface area contributed by atoms with Crippen LogP contribution in [0.25, 0.3) is 21.9 Å². The van der Waals surface area contributed by atoms with E-state index < -0.39 is 8.07 Å². The molecule has 0 bridgehead atoms. The zero-order chi connectivity index (χ0) is 19.6. The molecule has 1 aromatic carbocycles. The smallest absolute Gasteiger partial charge is 0.304 e. The van der Waals surface area contributed by atoms with Gasteiger partial charge in [0, 0.05) is 26.7 Å². The maximum atomic E-state index is 12.5. The van der Waals surface area contributed by atoms with Crippen molar-refractivity contribution in [2.75, 3.05) is 18.9 Å².